The number of ether oxygens (including phenoxy) is 1. The van der Waals surface area contributed by atoms with E-state index in [2.05, 4.69) is 0 Å². The summed E-state index contributed by atoms with van der Waals surface area (Å²) in [5.74, 6) is -0.188. The Kier molecular flexibility index (Phi) is 5.14. The van der Waals surface area contributed by atoms with Gasteiger partial charge in [0.05, 0.1) is 6.10 Å². The summed E-state index contributed by atoms with van der Waals surface area (Å²) in [5, 5.41) is 9.41. The average Bonchev–Trinajstić information content (AvgIpc) is 2.88. The Labute approximate surface area is 108 Å². The molecule has 100 valence electrons. The van der Waals surface area contributed by atoms with Crippen molar-refractivity contribution >= 4 is 0 Å². The lowest BCUT2D eigenvalue weighted by molar-refractivity contribution is 0.101. The van der Waals surface area contributed by atoms with E-state index in [9.17, 15) is 9.50 Å². The Balaban J connectivity index is 1.81. The minimum atomic E-state index is -0.231. The van der Waals surface area contributed by atoms with Crippen LogP contribution >= 0.6 is 0 Å². The molecule has 2 nitrogen and oxygen atoms in total. The molecule has 2 unspecified atom stereocenters. The largest absolute Gasteiger partial charge is 0.396 e. The molecular weight excluding hydrogens is 231 g/mol. The summed E-state index contributed by atoms with van der Waals surface area (Å²) in [4.78, 5) is 0. The van der Waals surface area contributed by atoms with Crippen molar-refractivity contribution in [2.45, 2.75) is 44.1 Å². The molecule has 2 rings (SSSR count). The molecule has 1 heterocycles. The van der Waals surface area contributed by atoms with Gasteiger partial charge in [-0.15, -0.1) is 0 Å². The van der Waals surface area contributed by atoms with Crippen molar-refractivity contribution in [1.82, 2.24) is 0 Å². The van der Waals surface area contributed by atoms with E-state index in [1.54, 1.807) is 6.07 Å². The first-order valence-electron chi connectivity index (χ1n) is 6.77. The van der Waals surface area contributed by atoms with E-state index in [0.717, 1.165) is 44.3 Å². The number of hydrogen-bond acceptors (Lipinski definition) is 2. The van der Waals surface area contributed by atoms with Crippen LogP contribution in [0.25, 0.3) is 0 Å². The Hall–Kier alpha value is -0.930. The van der Waals surface area contributed by atoms with Crippen LogP contribution in [-0.4, -0.2) is 24.4 Å². The molecule has 0 spiro atoms. The van der Waals surface area contributed by atoms with Crippen LogP contribution in [0.4, 0.5) is 4.39 Å². The molecule has 1 aliphatic rings. The smallest absolute Gasteiger partial charge is 0.123 e. The highest BCUT2D eigenvalue weighted by atomic mass is 19.1. The molecule has 0 radical (unpaired) electrons. The highest BCUT2D eigenvalue weighted by molar-refractivity contribution is 5.20. The van der Waals surface area contributed by atoms with Crippen LogP contribution in [-0.2, 0) is 4.74 Å². The molecule has 1 aromatic carbocycles. The zero-order valence-electron chi connectivity index (χ0n) is 10.6. The maximum Gasteiger partial charge on any atom is 0.123 e. The van der Waals surface area contributed by atoms with Gasteiger partial charge in [-0.25, -0.2) is 4.39 Å². The van der Waals surface area contributed by atoms with Gasteiger partial charge in [-0.3, -0.25) is 0 Å². The van der Waals surface area contributed by atoms with E-state index >= 15 is 0 Å². The van der Waals surface area contributed by atoms with Crippen molar-refractivity contribution in [2.75, 3.05) is 13.2 Å². The Morgan fingerprint density at radius 1 is 1.44 bits per heavy atom. The second-order valence-corrected chi connectivity index (χ2v) is 5.00. The summed E-state index contributed by atoms with van der Waals surface area (Å²) in [6, 6.07) is 6.54. The number of benzene rings is 1. The van der Waals surface area contributed by atoms with Crippen molar-refractivity contribution in [3.05, 3.63) is 35.6 Å². The minimum Gasteiger partial charge on any atom is -0.396 e. The third-order valence-electron chi connectivity index (χ3n) is 3.64. The molecular formula is C15H21FO2. The lowest BCUT2D eigenvalue weighted by atomic mass is 9.93. The van der Waals surface area contributed by atoms with E-state index in [0.29, 0.717) is 6.10 Å². The van der Waals surface area contributed by atoms with Crippen LogP contribution in [0, 0.1) is 5.82 Å². The molecule has 3 heteroatoms. The van der Waals surface area contributed by atoms with Crippen LogP contribution in [0.15, 0.2) is 24.3 Å². The van der Waals surface area contributed by atoms with E-state index in [1.165, 1.54) is 12.1 Å². The molecule has 1 saturated heterocycles. The third kappa shape index (κ3) is 3.79. The quantitative estimate of drug-likeness (QED) is 0.842. The molecule has 0 saturated carbocycles. The van der Waals surface area contributed by atoms with Gasteiger partial charge in [0.15, 0.2) is 0 Å². The topological polar surface area (TPSA) is 29.5 Å². The van der Waals surface area contributed by atoms with Crippen molar-refractivity contribution < 1.29 is 14.2 Å². The molecule has 0 aliphatic carbocycles. The van der Waals surface area contributed by atoms with E-state index in [4.69, 9.17) is 4.74 Å². The van der Waals surface area contributed by atoms with Gasteiger partial charge < -0.3 is 9.84 Å². The fourth-order valence-electron chi connectivity index (χ4n) is 2.59. The molecule has 1 N–H and O–H groups in total. The van der Waals surface area contributed by atoms with Gasteiger partial charge in [0.1, 0.15) is 5.82 Å². The maximum atomic E-state index is 13.1. The summed E-state index contributed by atoms with van der Waals surface area (Å²) in [6.45, 7) is 0.965. The lowest BCUT2D eigenvalue weighted by Gasteiger charge is -2.16. The molecule has 0 amide bonds. The Morgan fingerprint density at radius 2 is 2.33 bits per heavy atom. The highest BCUT2D eigenvalue weighted by Gasteiger charge is 2.17. The maximum absolute atomic E-state index is 13.1. The van der Waals surface area contributed by atoms with Gasteiger partial charge in [-0.2, -0.15) is 0 Å². The summed E-state index contributed by atoms with van der Waals surface area (Å²) in [7, 11) is 0. The number of halogens is 1. The zero-order valence-corrected chi connectivity index (χ0v) is 10.6. The molecule has 18 heavy (non-hydrogen) atoms. The second kappa shape index (κ2) is 6.86. The highest BCUT2D eigenvalue weighted by Crippen LogP contribution is 2.25. The van der Waals surface area contributed by atoms with Crippen LogP contribution < -0.4 is 0 Å². The average molecular weight is 252 g/mol. The molecule has 1 fully saturated rings. The second-order valence-electron chi connectivity index (χ2n) is 5.00. The van der Waals surface area contributed by atoms with Crippen LogP contribution in [0.3, 0.4) is 0 Å². The summed E-state index contributed by atoms with van der Waals surface area (Å²) in [6.07, 6.45) is 5.68. The van der Waals surface area contributed by atoms with E-state index in [1.807, 2.05) is 6.07 Å². The number of hydrogen-bond donors (Lipinski definition) is 1. The lowest BCUT2D eigenvalue weighted by Crippen LogP contribution is -2.08. The normalized spacial score (nSPS) is 21.1. The number of aliphatic hydroxyl groups excluding tert-OH is 1. The van der Waals surface area contributed by atoms with Crippen molar-refractivity contribution in [3.63, 3.8) is 0 Å². The summed E-state index contributed by atoms with van der Waals surface area (Å²) < 4.78 is 18.7. The fraction of sp³-hybridized carbons (Fsp3) is 0.600. The summed E-state index contributed by atoms with van der Waals surface area (Å²) >= 11 is 0. The van der Waals surface area contributed by atoms with E-state index in [-0.39, 0.29) is 18.3 Å². The molecule has 1 aliphatic heterocycles. The third-order valence-corrected chi connectivity index (χ3v) is 3.64. The fourth-order valence-corrected chi connectivity index (χ4v) is 2.59. The van der Waals surface area contributed by atoms with Gasteiger partial charge in [0, 0.05) is 19.1 Å². The Morgan fingerprint density at radius 3 is 3.00 bits per heavy atom. The first-order valence-corrected chi connectivity index (χ1v) is 6.77. The van der Waals surface area contributed by atoms with Crippen LogP contribution in [0.1, 0.15) is 43.6 Å². The van der Waals surface area contributed by atoms with Gasteiger partial charge in [0.2, 0.25) is 0 Å². The minimum absolute atomic E-state index is 0.0436. The van der Waals surface area contributed by atoms with Crippen molar-refractivity contribution in [2.24, 2.45) is 0 Å². The van der Waals surface area contributed by atoms with Gasteiger partial charge in [-0.1, -0.05) is 18.6 Å². The van der Waals surface area contributed by atoms with Crippen molar-refractivity contribution in [3.8, 4) is 0 Å². The first-order chi connectivity index (χ1) is 8.79. The molecule has 0 aromatic heterocycles. The zero-order chi connectivity index (χ0) is 12.8. The number of rotatable bonds is 6. The Bertz CT molecular complexity index is 361. The summed E-state index contributed by atoms with van der Waals surface area (Å²) in [5.41, 5.74) is 0.893. The monoisotopic (exact) mass is 252 g/mol. The van der Waals surface area contributed by atoms with Gasteiger partial charge in [-0.05, 0) is 43.4 Å². The predicted octanol–water partition coefficient (Wildman–Crippen LogP) is 3.25. The van der Waals surface area contributed by atoms with Crippen LogP contribution in [0.5, 0.6) is 0 Å². The standard InChI is InChI=1S/C15H21FO2/c16-14-6-1-4-12(10-14)13(11-17)5-2-7-15-8-3-9-18-15/h1,4,6,10,13,15,17H,2-3,5,7-9,11H2. The van der Waals surface area contributed by atoms with Gasteiger partial charge in [0.25, 0.3) is 0 Å². The molecule has 1 aromatic rings. The SMILES string of the molecule is OCC(CCCC1CCCO1)c1cccc(F)c1. The van der Waals surface area contributed by atoms with E-state index < -0.39 is 0 Å². The van der Waals surface area contributed by atoms with Crippen molar-refractivity contribution in [1.29, 1.82) is 0 Å². The first kappa shape index (κ1) is 13.5. The molecule has 2 atom stereocenters. The van der Waals surface area contributed by atoms with Gasteiger partial charge >= 0.3 is 0 Å². The van der Waals surface area contributed by atoms with Crippen LogP contribution in [0.2, 0.25) is 0 Å². The predicted molar refractivity (Wildman–Crippen MR) is 69.1 cm³/mol. The molecule has 0 bridgehead atoms. The number of aliphatic hydroxyl groups is 1.